The number of hydrogen-bond acceptors (Lipinski definition) is 4. The molecule has 21 heavy (non-hydrogen) atoms. The van der Waals surface area contributed by atoms with Gasteiger partial charge in [0, 0.05) is 5.38 Å². The summed E-state index contributed by atoms with van der Waals surface area (Å²) < 4.78 is 5.84. The number of benzene rings is 1. The van der Waals surface area contributed by atoms with E-state index in [1.807, 2.05) is 45.9 Å². The van der Waals surface area contributed by atoms with Gasteiger partial charge in [0.15, 0.2) is 0 Å². The van der Waals surface area contributed by atoms with Crippen LogP contribution in [0.2, 0.25) is 0 Å². The summed E-state index contributed by atoms with van der Waals surface area (Å²) in [5.74, 6) is 0.736. The third-order valence-corrected chi connectivity index (χ3v) is 3.89. The fourth-order valence-electron chi connectivity index (χ4n) is 2.04. The minimum atomic E-state index is -0.156. The quantitative estimate of drug-likeness (QED) is 0.922. The zero-order valence-corrected chi connectivity index (χ0v) is 13.6. The topological polar surface area (TPSA) is 51.2 Å². The van der Waals surface area contributed by atoms with Crippen LogP contribution in [0.4, 0.5) is 0 Å². The lowest BCUT2D eigenvalue weighted by molar-refractivity contribution is 0.0922. The molecule has 0 aliphatic carbocycles. The van der Waals surface area contributed by atoms with Crippen molar-refractivity contribution in [2.75, 3.05) is 6.61 Å². The van der Waals surface area contributed by atoms with Gasteiger partial charge in [0.1, 0.15) is 18.1 Å². The molecule has 0 bridgehead atoms. The molecule has 1 unspecified atom stereocenters. The van der Waals surface area contributed by atoms with Crippen LogP contribution in [-0.4, -0.2) is 23.5 Å². The SMILES string of the molecule is Cc1nc(C(=O)NC(C)COc2c(C)cccc2C)cs1. The number of aryl methyl sites for hydroxylation is 3. The average molecular weight is 304 g/mol. The Morgan fingerprint density at radius 2 is 2.00 bits per heavy atom. The van der Waals surface area contributed by atoms with Crippen LogP contribution in [-0.2, 0) is 0 Å². The molecule has 2 rings (SSSR count). The van der Waals surface area contributed by atoms with Gasteiger partial charge in [-0.1, -0.05) is 18.2 Å². The van der Waals surface area contributed by atoms with Crippen LogP contribution in [0.3, 0.4) is 0 Å². The summed E-state index contributed by atoms with van der Waals surface area (Å²) in [5.41, 5.74) is 2.67. The Morgan fingerprint density at radius 1 is 1.33 bits per heavy atom. The number of carbonyl (C=O) groups excluding carboxylic acids is 1. The molecule has 2 aromatic rings. The smallest absolute Gasteiger partial charge is 0.271 e. The molecule has 0 aliphatic rings. The Labute approximate surface area is 129 Å². The van der Waals surface area contributed by atoms with E-state index in [0.717, 1.165) is 21.9 Å². The van der Waals surface area contributed by atoms with E-state index in [2.05, 4.69) is 10.3 Å². The molecule has 0 aliphatic heterocycles. The summed E-state index contributed by atoms with van der Waals surface area (Å²) in [4.78, 5) is 16.2. The number of aromatic nitrogens is 1. The average Bonchev–Trinajstić information content (AvgIpc) is 2.85. The van der Waals surface area contributed by atoms with Gasteiger partial charge in [-0.15, -0.1) is 11.3 Å². The molecular weight excluding hydrogens is 284 g/mol. The lowest BCUT2D eigenvalue weighted by Crippen LogP contribution is -2.37. The number of thiazole rings is 1. The maximum atomic E-state index is 12.0. The van der Waals surface area contributed by atoms with Crippen LogP contribution in [0.15, 0.2) is 23.6 Å². The molecule has 0 radical (unpaired) electrons. The molecule has 1 amide bonds. The Bertz CT molecular complexity index is 617. The zero-order chi connectivity index (χ0) is 15.4. The molecule has 5 heteroatoms. The molecule has 112 valence electrons. The maximum absolute atomic E-state index is 12.0. The molecule has 0 spiro atoms. The molecule has 0 fully saturated rings. The molecule has 1 aromatic carbocycles. The number of nitrogens with one attached hydrogen (secondary N) is 1. The van der Waals surface area contributed by atoms with E-state index in [9.17, 15) is 4.79 Å². The van der Waals surface area contributed by atoms with Gasteiger partial charge in [-0.2, -0.15) is 0 Å². The zero-order valence-electron chi connectivity index (χ0n) is 12.8. The molecular formula is C16H20N2O2S. The molecule has 1 aromatic heterocycles. The number of ether oxygens (including phenoxy) is 1. The molecule has 1 N–H and O–H groups in total. The van der Waals surface area contributed by atoms with E-state index in [4.69, 9.17) is 4.74 Å². The van der Waals surface area contributed by atoms with Gasteiger partial charge in [0.05, 0.1) is 11.0 Å². The van der Waals surface area contributed by atoms with Crippen LogP contribution in [0.25, 0.3) is 0 Å². The van der Waals surface area contributed by atoms with E-state index in [-0.39, 0.29) is 11.9 Å². The first kappa shape index (κ1) is 15.5. The lowest BCUT2D eigenvalue weighted by atomic mass is 10.1. The van der Waals surface area contributed by atoms with Gasteiger partial charge in [-0.25, -0.2) is 4.98 Å². The third kappa shape index (κ3) is 4.04. The number of rotatable bonds is 5. The second kappa shape index (κ2) is 6.72. The summed E-state index contributed by atoms with van der Waals surface area (Å²) in [6.45, 7) is 8.27. The van der Waals surface area contributed by atoms with Crippen molar-refractivity contribution in [3.63, 3.8) is 0 Å². The summed E-state index contributed by atoms with van der Waals surface area (Å²) >= 11 is 1.47. The largest absolute Gasteiger partial charge is 0.491 e. The standard InChI is InChI=1S/C16H20N2O2S/c1-10-6-5-7-11(2)15(10)20-8-12(3)17-16(19)14-9-21-13(4)18-14/h5-7,9,12H,8H2,1-4H3,(H,17,19). The maximum Gasteiger partial charge on any atom is 0.271 e. The highest BCUT2D eigenvalue weighted by molar-refractivity contribution is 7.09. The molecule has 0 saturated carbocycles. The number of para-hydroxylation sites is 1. The highest BCUT2D eigenvalue weighted by atomic mass is 32.1. The van der Waals surface area contributed by atoms with Gasteiger partial charge in [0.25, 0.3) is 5.91 Å². The second-order valence-corrected chi connectivity index (χ2v) is 6.22. The van der Waals surface area contributed by atoms with Crippen molar-refractivity contribution in [1.29, 1.82) is 0 Å². The van der Waals surface area contributed by atoms with Crippen molar-refractivity contribution in [1.82, 2.24) is 10.3 Å². The summed E-state index contributed by atoms with van der Waals surface area (Å²) in [5, 5.41) is 5.56. The first-order valence-corrected chi connectivity index (χ1v) is 7.77. The van der Waals surface area contributed by atoms with Gasteiger partial charge in [-0.05, 0) is 38.8 Å². The Morgan fingerprint density at radius 3 is 2.57 bits per heavy atom. The first-order chi connectivity index (χ1) is 9.97. The summed E-state index contributed by atoms with van der Waals surface area (Å²) in [6.07, 6.45) is 0. The molecule has 1 atom stereocenters. The van der Waals surface area contributed by atoms with Crippen molar-refractivity contribution >= 4 is 17.2 Å². The monoisotopic (exact) mass is 304 g/mol. The number of amides is 1. The van der Waals surface area contributed by atoms with Crippen molar-refractivity contribution in [2.45, 2.75) is 33.7 Å². The van der Waals surface area contributed by atoms with Crippen molar-refractivity contribution in [3.05, 3.63) is 45.4 Å². The van der Waals surface area contributed by atoms with Crippen LogP contribution in [0.1, 0.15) is 33.5 Å². The van der Waals surface area contributed by atoms with E-state index in [1.54, 1.807) is 5.38 Å². The van der Waals surface area contributed by atoms with Crippen LogP contribution >= 0.6 is 11.3 Å². The van der Waals surface area contributed by atoms with E-state index >= 15 is 0 Å². The van der Waals surface area contributed by atoms with Crippen LogP contribution in [0, 0.1) is 20.8 Å². The number of nitrogens with zero attached hydrogens (tertiary/aromatic N) is 1. The highest BCUT2D eigenvalue weighted by Crippen LogP contribution is 2.22. The number of carbonyl (C=O) groups is 1. The minimum Gasteiger partial charge on any atom is -0.491 e. The Balaban J connectivity index is 1.90. The Kier molecular flexibility index (Phi) is 4.96. The van der Waals surface area contributed by atoms with Crippen LogP contribution in [0.5, 0.6) is 5.75 Å². The third-order valence-electron chi connectivity index (χ3n) is 3.12. The van der Waals surface area contributed by atoms with Crippen molar-refractivity contribution < 1.29 is 9.53 Å². The fourth-order valence-corrected chi connectivity index (χ4v) is 2.64. The minimum absolute atomic E-state index is 0.0847. The highest BCUT2D eigenvalue weighted by Gasteiger charge is 2.13. The van der Waals surface area contributed by atoms with Gasteiger partial charge >= 0.3 is 0 Å². The predicted octanol–water partition coefficient (Wildman–Crippen LogP) is 3.27. The van der Waals surface area contributed by atoms with Crippen molar-refractivity contribution in [2.24, 2.45) is 0 Å². The molecule has 0 saturated heterocycles. The summed E-state index contributed by atoms with van der Waals surface area (Å²) in [7, 11) is 0. The molecule has 4 nitrogen and oxygen atoms in total. The first-order valence-electron chi connectivity index (χ1n) is 6.89. The van der Waals surface area contributed by atoms with Crippen LogP contribution < -0.4 is 10.1 Å². The van der Waals surface area contributed by atoms with Gasteiger partial charge < -0.3 is 10.1 Å². The predicted molar refractivity (Wildman–Crippen MR) is 85.2 cm³/mol. The fraction of sp³-hybridized carbons (Fsp3) is 0.375. The summed E-state index contributed by atoms with van der Waals surface area (Å²) in [6, 6.07) is 5.96. The lowest BCUT2D eigenvalue weighted by Gasteiger charge is -2.17. The van der Waals surface area contributed by atoms with Gasteiger partial charge in [0.2, 0.25) is 0 Å². The van der Waals surface area contributed by atoms with E-state index in [1.165, 1.54) is 11.3 Å². The number of hydrogen-bond donors (Lipinski definition) is 1. The molecule has 1 heterocycles. The van der Waals surface area contributed by atoms with E-state index in [0.29, 0.717) is 12.3 Å². The normalized spacial score (nSPS) is 12.0. The Hall–Kier alpha value is -1.88. The second-order valence-electron chi connectivity index (χ2n) is 5.16. The van der Waals surface area contributed by atoms with Gasteiger partial charge in [-0.3, -0.25) is 4.79 Å². The van der Waals surface area contributed by atoms with Crippen molar-refractivity contribution in [3.8, 4) is 5.75 Å². The van der Waals surface area contributed by atoms with E-state index < -0.39 is 0 Å².